The van der Waals surface area contributed by atoms with E-state index in [0.717, 1.165) is 5.56 Å². The van der Waals surface area contributed by atoms with E-state index in [1.807, 2.05) is 6.07 Å². The second-order valence-corrected chi connectivity index (χ2v) is 7.42. The van der Waals surface area contributed by atoms with Gasteiger partial charge in [0, 0.05) is 5.39 Å². The zero-order chi connectivity index (χ0) is 20.1. The quantitative estimate of drug-likeness (QED) is 0.671. The van der Waals surface area contributed by atoms with Crippen LogP contribution < -0.4 is 0 Å². The monoisotopic (exact) mass is 388 g/mol. The molecule has 1 fully saturated rings. The molecule has 2 atom stereocenters. The van der Waals surface area contributed by atoms with Crippen molar-refractivity contribution in [3.05, 3.63) is 65.1 Å². The predicted molar refractivity (Wildman–Crippen MR) is 98.0 cm³/mol. The largest absolute Gasteiger partial charge is 0.481 e. The zero-order valence-corrected chi connectivity index (χ0v) is 15.2. The number of rotatable bonds is 4. The minimum atomic E-state index is -2.75. The van der Waals surface area contributed by atoms with Crippen molar-refractivity contribution >= 4 is 16.9 Å². The first-order valence-corrected chi connectivity index (χ1v) is 9.08. The third kappa shape index (κ3) is 2.77. The second kappa shape index (κ2) is 6.65. The molecule has 1 aromatic heterocycles. The van der Waals surface area contributed by atoms with Crippen LogP contribution in [0.4, 0.5) is 13.2 Å². The standard InChI is InChI=1S/C21H19F3N2O2/c1-12-16(3-2-4-17(12)22)21(19(27)28)8-7-14(10-21)13-5-6-15-11-25-26(20(23)24)18(15)9-13/h2-6,9,11,14,20H,7-8,10H2,1H3,(H,27,28)/t14?,21-/m0/s1. The highest BCUT2D eigenvalue weighted by atomic mass is 19.3. The summed E-state index contributed by atoms with van der Waals surface area (Å²) in [6, 6.07) is 9.74. The van der Waals surface area contributed by atoms with Crippen molar-refractivity contribution in [1.29, 1.82) is 0 Å². The molecule has 1 unspecified atom stereocenters. The Bertz CT molecular complexity index is 1060. The first-order valence-electron chi connectivity index (χ1n) is 9.08. The first kappa shape index (κ1) is 18.5. The van der Waals surface area contributed by atoms with Gasteiger partial charge in [-0.15, -0.1) is 0 Å². The number of hydrogen-bond donors (Lipinski definition) is 1. The molecule has 7 heteroatoms. The number of nitrogens with zero attached hydrogens (tertiary/aromatic N) is 2. The fraction of sp³-hybridized carbons (Fsp3) is 0.333. The molecule has 0 radical (unpaired) electrons. The molecule has 28 heavy (non-hydrogen) atoms. The Balaban J connectivity index is 1.74. The third-order valence-electron chi connectivity index (χ3n) is 5.99. The first-order chi connectivity index (χ1) is 13.3. The fourth-order valence-corrected chi connectivity index (χ4v) is 4.47. The van der Waals surface area contributed by atoms with Crippen molar-refractivity contribution in [3.63, 3.8) is 0 Å². The van der Waals surface area contributed by atoms with E-state index in [-0.39, 0.29) is 5.92 Å². The molecule has 0 bridgehead atoms. The zero-order valence-electron chi connectivity index (χ0n) is 15.2. The lowest BCUT2D eigenvalue weighted by molar-refractivity contribution is -0.143. The molecule has 0 saturated heterocycles. The number of benzene rings is 2. The van der Waals surface area contributed by atoms with Crippen LogP contribution in [0.1, 0.15) is 48.4 Å². The average molecular weight is 388 g/mol. The van der Waals surface area contributed by atoms with Crippen LogP contribution in [0.25, 0.3) is 10.9 Å². The maximum absolute atomic E-state index is 14.1. The van der Waals surface area contributed by atoms with Gasteiger partial charge in [0.15, 0.2) is 0 Å². The molecule has 4 rings (SSSR count). The molecular formula is C21H19F3N2O2. The van der Waals surface area contributed by atoms with E-state index >= 15 is 0 Å². The maximum Gasteiger partial charge on any atom is 0.333 e. The molecule has 146 valence electrons. The van der Waals surface area contributed by atoms with Crippen LogP contribution in [0.3, 0.4) is 0 Å². The summed E-state index contributed by atoms with van der Waals surface area (Å²) in [5.74, 6) is -1.53. The van der Waals surface area contributed by atoms with Gasteiger partial charge in [0.05, 0.1) is 17.1 Å². The van der Waals surface area contributed by atoms with Gasteiger partial charge in [-0.2, -0.15) is 13.9 Å². The van der Waals surface area contributed by atoms with Gasteiger partial charge in [0.1, 0.15) is 5.82 Å². The number of carboxylic acid groups (broad SMARTS) is 1. The minimum Gasteiger partial charge on any atom is -0.481 e. The highest BCUT2D eigenvalue weighted by Crippen LogP contribution is 2.50. The van der Waals surface area contributed by atoms with Crippen molar-refractivity contribution < 1.29 is 23.1 Å². The lowest BCUT2D eigenvalue weighted by atomic mass is 9.75. The van der Waals surface area contributed by atoms with Gasteiger partial charge in [0.25, 0.3) is 0 Å². The van der Waals surface area contributed by atoms with Crippen LogP contribution in [0.15, 0.2) is 42.6 Å². The topological polar surface area (TPSA) is 55.1 Å². The van der Waals surface area contributed by atoms with Crippen LogP contribution in [0, 0.1) is 12.7 Å². The molecule has 0 aliphatic heterocycles. The van der Waals surface area contributed by atoms with Crippen molar-refractivity contribution in [3.8, 4) is 0 Å². The Morgan fingerprint density at radius 2 is 2.11 bits per heavy atom. The van der Waals surface area contributed by atoms with Crippen LogP contribution in [-0.4, -0.2) is 20.9 Å². The second-order valence-electron chi connectivity index (χ2n) is 7.42. The van der Waals surface area contributed by atoms with E-state index in [4.69, 9.17) is 0 Å². The Morgan fingerprint density at radius 3 is 2.82 bits per heavy atom. The van der Waals surface area contributed by atoms with Crippen LogP contribution in [0.5, 0.6) is 0 Å². The summed E-state index contributed by atoms with van der Waals surface area (Å²) in [4.78, 5) is 12.2. The number of alkyl halides is 2. The van der Waals surface area contributed by atoms with Crippen LogP contribution in [0.2, 0.25) is 0 Å². The number of aliphatic carboxylic acids is 1. The van der Waals surface area contributed by atoms with E-state index in [0.29, 0.717) is 46.0 Å². The van der Waals surface area contributed by atoms with Crippen molar-refractivity contribution in [2.75, 3.05) is 0 Å². The molecular weight excluding hydrogens is 369 g/mol. The van der Waals surface area contributed by atoms with Crippen molar-refractivity contribution in [2.45, 2.75) is 44.1 Å². The SMILES string of the molecule is Cc1c(F)cccc1[C@]1(C(=O)O)CCC(c2ccc3cnn(C(F)F)c3c2)C1. The molecule has 0 spiro atoms. The van der Waals surface area contributed by atoms with Crippen molar-refractivity contribution in [2.24, 2.45) is 0 Å². The summed E-state index contributed by atoms with van der Waals surface area (Å²) >= 11 is 0. The molecule has 1 aliphatic carbocycles. The molecule has 4 nitrogen and oxygen atoms in total. The highest BCUT2D eigenvalue weighted by Gasteiger charge is 2.48. The molecule has 2 aromatic carbocycles. The number of carboxylic acids is 1. The third-order valence-corrected chi connectivity index (χ3v) is 5.99. The van der Waals surface area contributed by atoms with Crippen molar-refractivity contribution in [1.82, 2.24) is 9.78 Å². The Labute approximate surface area is 159 Å². The predicted octanol–water partition coefficient (Wildman–Crippen LogP) is 5.17. The Morgan fingerprint density at radius 1 is 1.32 bits per heavy atom. The van der Waals surface area contributed by atoms with Gasteiger partial charge >= 0.3 is 12.5 Å². The molecule has 0 amide bonds. The van der Waals surface area contributed by atoms with Crippen LogP contribution >= 0.6 is 0 Å². The van der Waals surface area contributed by atoms with Gasteiger partial charge in [0.2, 0.25) is 0 Å². The molecule has 3 aromatic rings. The average Bonchev–Trinajstić information content (AvgIpc) is 3.28. The summed E-state index contributed by atoms with van der Waals surface area (Å²) in [6.07, 6.45) is 2.62. The van der Waals surface area contributed by atoms with Gasteiger partial charge in [-0.3, -0.25) is 4.79 Å². The summed E-state index contributed by atoms with van der Waals surface area (Å²) in [5, 5.41) is 14.3. The van der Waals surface area contributed by atoms with E-state index in [9.17, 15) is 23.1 Å². The number of aromatic nitrogens is 2. The van der Waals surface area contributed by atoms with Gasteiger partial charge in [-0.05, 0) is 60.9 Å². The molecule has 1 N–H and O–H groups in total. The van der Waals surface area contributed by atoms with E-state index < -0.39 is 23.8 Å². The van der Waals surface area contributed by atoms with E-state index in [2.05, 4.69) is 5.10 Å². The summed E-state index contributed by atoms with van der Waals surface area (Å²) in [7, 11) is 0. The van der Waals surface area contributed by atoms with Gasteiger partial charge in [-0.1, -0.05) is 24.3 Å². The summed E-state index contributed by atoms with van der Waals surface area (Å²) < 4.78 is 41.1. The number of carbonyl (C=O) groups is 1. The summed E-state index contributed by atoms with van der Waals surface area (Å²) in [6.45, 7) is -1.15. The normalized spacial score (nSPS) is 22.2. The smallest absolute Gasteiger partial charge is 0.333 e. The van der Waals surface area contributed by atoms with Gasteiger partial charge < -0.3 is 5.11 Å². The lowest BCUT2D eigenvalue weighted by Gasteiger charge is -2.27. The maximum atomic E-state index is 14.1. The van der Waals surface area contributed by atoms with E-state index in [1.54, 1.807) is 25.1 Å². The molecule has 1 aliphatic rings. The highest BCUT2D eigenvalue weighted by molar-refractivity contribution is 5.83. The number of hydrogen-bond acceptors (Lipinski definition) is 2. The minimum absolute atomic E-state index is 0.121. The van der Waals surface area contributed by atoms with Crippen LogP contribution in [-0.2, 0) is 10.2 Å². The molecule has 1 saturated carbocycles. The fourth-order valence-electron chi connectivity index (χ4n) is 4.47. The lowest BCUT2D eigenvalue weighted by Crippen LogP contribution is -2.34. The number of halogens is 3. The Hall–Kier alpha value is -2.83. The Kier molecular flexibility index (Phi) is 4.40. The number of fused-ring (bicyclic) bond motifs is 1. The van der Waals surface area contributed by atoms with E-state index in [1.165, 1.54) is 18.3 Å². The summed E-state index contributed by atoms with van der Waals surface area (Å²) in [5.41, 5.74) is 0.765. The molecule has 1 heterocycles. The van der Waals surface area contributed by atoms with Gasteiger partial charge in [-0.25, -0.2) is 9.07 Å².